The van der Waals surface area contributed by atoms with E-state index in [1.54, 1.807) is 0 Å². The summed E-state index contributed by atoms with van der Waals surface area (Å²) in [6.45, 7) is 4.92. The molecule has 0 aromatic heterocycles. The molecule has 1 saturated heterocycles. The van der Waals surface area contributed by atoms with Gasteiger partial charge in [-0.15, -0.1) is 0 Å². The van der Waals surface area contributed by atoms with Crippen molar-refractivity contribution in [3.63, 3.8) is 0 Å². The summed E-state index contributed by atoms with van der Waals surface area (Å²) >= 11 is 2.27. The number of rotatable bonds is 1. The summed E-state index contributed by atoms with van der Waals surface area (Å²) in [5, 5.41) is 2.12. The van der Waals surface area contributed by atoms with Crippen LogP contribution in [0, 0.1) is 5.41 Å². The molecule has 17 heavy (non-hydrogen) atoms. The van der Waals surface area contributed by atoms with Crippen LogP contribution in [0.5, 0.6) is 0 Å². The van der Waals surface area contributed by atoms with E-state index in [9.17, 15) is 0 Å². The smallest absolute Gasteiger partial charge is 0.0169 e. The van der Waals surface area contributed by atoms with Crippen molar-refractivity contribution in [1.29, 1.82) is 0 Å². The standard InChI is InChI=1S/C16H30S/c1-3-16(2)12-8-5-4-6-10-14-15(17-14)11-7-9-13-16/h14-15H,3-13H2,1-2H3. The van der Waals surface area contributed by atoms with E-state index in [-0.39, 0.29) is 0 Å². The molecule has 2 rings (SSSR count). The Morgan fingerprint density at radius 2 is 1.41 bits per heavy atom. The van der Waals surface area contributed by atoms with Crippen LogP contribution in [-0.4, -0.2) is 10.5 Å². The van der Waals surface area contributed by atoms with Gasteiger partial charge in [-0.2, -0.15) is 11.8 Å². The minimum atomic E-state index is 0.657. The minimum absolute atomic E-state index is 0.657. The molecule has 0 bridgehead atoms. The Hall–Kier alpha value is 0.350. The number of hydrogen-bond donors (Lipinski definition) is 0. The Morgan fingerprint density at radius 3 is 2.06 bits per heavy atom. The fourth-order valence-corrected chi connectivity index (χ4v) is 4.55. The molecule has 3 unspecified atom stereocenters. The first-order valence-corrected chi connectivity index (χ1v) is 8.83. The lowest BCUT2D eigenvalue weighted by molar-refractivity contribution is 0.242. The average Bonchev–Trinajstić information content (AvgIpc) is 3.07. The van der Waals surface area contributed by atoms with Gasteiger partial charge in [0.2, 0.25) is 0 Å². The topological polar surface area (TPSA) is 0 Å². The van der Waals surface area contributed by atoms with Gasteiger partial charge in [-0.05, 0) is 31.1 Å². The van der Waals surface area contributed by atoms with Gasteiger partial charge in [-0.25, -0.2) is 0 Å². The summed E-state index contributed by atoms with van der Waals surface area (Å²) in [5.41, 5.74) is 0.657. The molecule has 100 valence electrons. The Morgan fingerprint density at radius 1 is 0.882 bits per heavy atom. The van der Waals surface area contributed by atoms with Gasteiger partial charge in [0.1, 0.15) is 0 Å². The normalized spacial score (nSPS) is 40.6. The second kappa shape index (κ2) is 6.50. The minimum Gasteiger partial charge on any atom is -0.153 e. The van der Waals surface area contributed by atoms with Gasteiger partial charge in [0, 0.05) is 10.5 Å². The largest absolute Gasteiger partial charge is 0.153 e. The Balaban J connectivity index is 1.78. The van der Waals surface area contributed by atoms with Crippen LogP contribution in [0.25, 0.3) is 0 Å². The van der Waals surface area contributed by atoms with Crippen LogP contribution < -0.4 is 0 Å². The lowest BCUT2D eigenvalue weighted by Crippen LogP contribution is -2.15. The summed E-state index contributed by atoms with van der Waals surface area (Å²) in [6.07, 6.45) is 16.3. The van der Waals surface area contributed by atoms with Crippen molar-refractivity contribution in [2.45, 2.75) is 95.0 Å². The highest BCUT2D eigenvalue weighted by molar-refractivity contribution is 8.07. The monoisotopic (exact) mass is 254 g/mol. The van der Waals surface area contributed by atoms with Crippen molar-refractivity contribution >= 4 is 11.8 Å². The summed E-state index contributed by atoms with van der Waals surface area (Å²) in [4.78, 5) is 0. The molecule has 0 spiro atoms. The Bertz CT molecular complexity index is 226. The molecule has 2 fully saturated rings. The van der Waals surface area contributed by atoms with E-state index in [2.05, 4.69) is 25.6 Å². The van der Waals surface area contributed by atoms with Gasteiger partial charge in [0.15, 0.2) is 0 Å². The predicted octanol–water partition coefficient (Wildman–Crippen LogP) is 5.80. The lowest BCUT2D eigenvalue weighted by atomic mass is 9.78. The molecule has 1 aliphatic carbocycles. The van der Waals surface area contributed by atoms with Crippen LogP contribution in [-0.2, 0) is 0 Å². The first-order valence-electron chi connectivity index (χ1n) is 7.89. The molecule has 0 N–H and O–H groups in total. The van der Waals surface area contributed by atoms with Crippen LogP contribution in [0.3, 0.4) is 0 Å². The van der Waals surface area contributed by atoms with Crippen LogP contribution in [0.1, 0.15) is 84.5 Å². The van der Waals surface area contributed by atoms with Gasteiger partial charge in [0.25, 0.3) is 0 Å². The molecule has 1 heterocycles. The molecule has 0 aromatic carbocycles. The maximum absolute atomic E-state index is 2.53. The van der Waals surface area contributed by atoms with Gasteiger partial charge in [-0.3, -0.25) is 0 Å². The number of fused-ring (bicyclic) bond motifs is 1. The predicted molar refractivity (Wildman–Crippen MR) is 79.7 cm³/mol. The molecular formula is C16H30S. The van der Waals surface area contributed by atoms with Gasteiger partial charge in [-0.1, -0.05) is 58.8 Å². The van der Waals surface area contributed by atoms with Crippen molar-refractivity contribution in [2.75, 3.05) is 0 Å². The second-order valence-corrected chi connectivity index (χ2v) is 8.06. The maximum atomic E-state index is 2.53. The van der Waals surface area contributed by atoms with E-state index in [0.29, 0.717) is 5.41 Å². The van der Waals surface area contributed by atoms with Crippen LogP contribution in [0.4, 0.5) is 0 Å². The molecule has 3 atom stereocenters. The molecule has 1 aliphatic heterocycles. The third kappa shape index (κ3) is 4.50. The fourth-order valence-electron chi connectivity index (χ4n) is 3.31. The Labute approximate surface area is 112 Å². The van der Waals surface area contributed by atoms with Crippen molar-refractivity contribution in [1.82, 2.24) is 0 Å². The third-order valence-corrected chi connectivity index (χ3v) is 6.59. The van der Waals surface area contributed by atoms with Gasteiger partial charge < -0.3 is 0 Å². The van der Waals surface area contributed by atoms with E-state index in [1.165, 1.54) is 70.6 Å². The van der Waals surface area contributed by atoms with Crippen molar-refractivity contribution in [3.05, 3.63) is 0 Å². The first kappa shape index (κ1) is 13.8. The first-order chi connectivity index (χ1) is 8.23. The quantitative estimate of drug-likeness (QED) is 0.533. The molecular weight excluding hydrogens is 224 g/mol. The molecule has 0 amide bonds. The Kier molecular flexibility index (Phi) is 5.26. The molecule has 0 radical (unpaired) electrons. The highest BCUT2D eigenvalue weighted by Crippen LogP contribution is 2.48. The van der Waals surface area contributed by atoms with Gasteiger partial charge >= 0.3 is 0 Å². The maximum Gasteiger partial charge on any atom is 0.0169 e. The molecule has 0 nitrogen and oxygen atoms in total. The van der Waals surface area contributed by atoms with Crippen molar-refractivity contribution < 1.29 is 0 Å². The lowest BCUT2D eigenvalue weighted by Gasteiger charge is -2.28. The third-order valence-electron chi connectivity index (χ3n) is 5.08. The molecule has 2 aliphatic rings. The number of thioether (sulfide) groups is 1. The molecule has 1 saturated carbocycles. The zero-order valence-corrected chi connectivity index (χ0v) is 12.7. The van der Waals surface area contributed by atoms with E-state index >= 15 is 0 Å². The highest BCUT2D eigenvalue weighted by Gasteiger charge is 2.36. The van der Waals surface area contributed by atoms with Crippen LogP contribution in [0.15, 0.2) is 0 Å². The van der Waals surface area contributed by atoms with Crippen molar-refractivity contribution in [2.24, 2.45) is 5.41 Å². The molecule has 0 aromatic rings. The summed E-state index contributed by atoms with van der Waals surface area (Å²) in [5.74, 6) is 0. The van der Waals surface area contributed by atoms with E-state index < -0.39 is 0 Å². The van der Waals surface area contributed by atoms with Crippen LogP contribution in [0.2, 0.25) is 0 Å². The second-order valence-electron chi connectivity index (χ2n) is 6.58. The van der Waals surface area contributed by atoms with E-state index in [0.717, 1.165) is 10.5 Å². The average molecular weight is 254 g/mol. The zero-order chi connectivity index (χ0) is 12.1. The fraction of sp³-hybridized carbons (Fsp3) is 1.00. The van der Waals surface area contributed by atoms with Crippen molar-refractivity contribution in [3.8, 4) is 0 Å². The molecule has 1 heteroatoms. The summed E-state index contributed by atoms with van der Waals surface area (Å²) in [6, 6.07) is 0. The zero-order valence-electron chi connectivity index (χ0n) is 11.8. The highest BCUT2D eigenvalue weighted by atomic mass is 32.2. The SMILES string of the molecule is CCC1(C)CCCCCCC2SC2CCCC1. The van der Waals surface area contributed by atoms with E-state index in [4.69, 9.17) is 0 Å². The van der Waals surface area contributed by atoms with Gasteiger partial charge in [0.05, 0.1) is 0 Å². The van der Waals surface area contributed by atoms with Crippen LogP contribution >= 0.6 is 11.8 Å². The van der Waals surface area contributed by atoms with E-state index in [1.807, 2.05) is 0 Å². The summed E-state index contributed by atoms with van der Waals surface area (Å²) in [7, 11) is 0. The summed E-state index contributed by atoms with van der Waals surface area (Å²) < 4.78 is 0. The number of hydrogen-bond acceptors (Lipinski definition) is 1.